The van der Waals surface area contributed by atoms with Gasteiger partial charge in [-0.1, -0.05) is 23.5 Å². The minimum absolute atomic E-state index is 0.0407. The van der Waals surface area contributed by atoms with Crippen LogP contribution in [-0.4, -0.2) is 28.2 Å². The Morgan fingerprint density at radius 1 is 1.18 bits per heavy atom. The molecule has 3 aromatic rings. The summed E-state index contributed by atoms with van der Waals surface area (Å²) in [5.74, 6) is 0.243. The highest BCUT2D eigenvalue weighted by Gasteiger charge is 2.33. The molecule has 8 heteroatoms. The number of fused-ring (bicyclic) bond motifs is 1. The second-order valence-electron chi connectivity index (χ2n) is 7.82. The molecule has 1 aromatic carbocycles. The Kier molecular flexibility index (Phi) is 6.55. The number of carbonyl (C=O) groups excluding carboxylic acids is 1. The van der Waals surface area contributed by atoms with Crippen molar-refractivity contribution in [3.05, 3.63) is 90.9 Å². The largest absolute Gasteiger partial charge is 0.491 e. The van der Waals surface area contributed by atoms with Crippen LogP contribution in [0.4, 0.5) is 0 Å². The van der Waals surface area contributed by atoms with Crippen molar-refractivity contribution in [1.82, 2.24) is 9.55 Å². The van der Waals surface area contributed by atoms with Gasteiger partial charge in [-0.05, 0) is 69.2 Å². The molecule has 0 aliphatic carbocycles. The van der Waals surface area contributed by atoms with Crippen LogP contribution in [0.3, 0.4) is 0 Å². The van der Waals surface area contributed by atoms with Crippen LogP contribution in [0.15, 0.2) is 69.8 Å². The first kappa shape index (κ1) is 22.7. The average molecular weight is 464 g/mol. The molecule has 3 heterocycles. The molecule has 0 saturated carbocycles. The third-order valence-electron chi connectivity index (χ3n) is 5.09. The molecule has 0 saturated heterocycles. The smallest absolute Gasteiger partial charge is 0.338 e. The van der Waals surface area contributed by atoms with Crippen molar-refractivity contribution >= 4 is 23.4 Å². The molecule has 0 unspecified atom stereocenters. The number of pyridine rings is 1. The van der Waals surface area contributed by atoms with Gasteiger partial charge < -0.3 is 9.47 Å². The van der Waals surface area contributed by atoms with E-state index in [4.69, 9.17) is 9.47 Å². The number of thiazole rings is 1. The van der Waals surface area contributed by atoms with Crippen LogP contribution in [-0.2, 0) is 9.53 Å². The summed E-state index contributed by atoms with van der Waals surface area (Å²) in [5.41, 5.74) is 2.33. The number of aromatic nitrogens is 2. The van der Waals surface area contributed by atoms with Gasteiger partial charge in [0.2, 0.25) is 0 Å². The molecule has 170 valence electrons. The van der Waals surface area contributed by atoms with Crippen molar-refractivity contribution < 1.29 is 14.3 Å². The summed E-state index contributed by atoms with van der Waals surface area (Å²) in [6.07, 6.45) is 5.20. The summed E-state index contributed by atoms with van der Waals surface area (Å²) in [6.45, 7) is 7.68. The SMILES string of the molecule is CCOC(=O)C1=C(C)N=c2sc(=Cc3ccncc3)c(=O)n2[C@@H]1c1ccc(OC(C)C)cc1. The van der Waals surface area contributed by atoms with E-state index in [1.807, 2.05) is 56.3 Å². The van der Waals surface area contributed by atoms with Crippen LogP contribution in [0, 0.1) is 0 Å². The summed E-state index contributed by atoms with van der Waals surface area (Å²) >= 11 is 1.29. The fourth-order valence-corrected chi connectivity index (χ4v) is 4.77. The lowest BCUT2D eigenvalue weighted by molar-refractivity contribution is -0.139. The first-order chi connectivity index (χ1) is 15.9. The van der Waals surface area contributed by atoms with Gasteiger partial charge in [0.05, 0.1) is 34.6 Å². The van der Waals surface area contributed by atoms with Gasteiger partial charge in [0.25, 0.3) is 5.56 Å². The van der Waals surface area contributed by atoms with E-state index in [1.165, 1.54) is 11.3 Å². The summed E-state index contributed by atoms with van der Waals surface area (Å²) in [5, 5.41) is 0. The van der Waals surface area contributed by atoms with Crippen molar-refractivity contribution in [2.24, 2.45) is 4.99 Å². The zero-order valence-corrected chi connectivity index (χ0v) is 19.8. The van der Waals surface area contributed by atoms with E-state index < -0.39 is 12.0 Å². The standard InChI is InChI=1S/C25H25N3O4S/c1-5-31-24(30)21-16(4)27-25-28(22(21)18-6-8-19(9-7-18)32-15(2)3)23(29)20(33-25)14-17-10-12-26-13-11-17/h6-15,22H,5H2,1-4H3/t22-/m1/s1. The second kappa shape index (κ2) is 9.54. The van der Waals surface area contributed by atoms with E-state index in [9.17, 15) is 9.59 Å². The number of benzene rings is 1. The Hall–Kier alpha value is -3.52. The lowest BCUT2D eigenvalue weighted by Gasteiger charge is -2.25. The van der Waals surface area contributed by atoms with E-state index in [1.54, 1.807) is 30.8 Å². The Balaban J connectivity index is 1.90. The van der Waals surface area contributed by atoms with Crippen molar-refractivity contribution in [3.8, 4) is 5.75 Å². The molecule has 0 N–H and O–H groups in total. The van der Waals surface area contributed by atoms with E-state index in [0.717, 1.165) is 16.9 Å². The van der Waals surface area contributed by atoms with Crippen LogP contribution < -0.4 is 19.6 Å². The number of rotatable bonds is 6. The fourth-order valence-electron chi connectivity index (χ4n) is 3.72. The van der Waals surface area contributed by atoms with Gasteiger partial charge in [-0.25, -0.2) is 9.79 Å². The zero-order chi connectivity index (χ0) is 23.5. The molecule has 0 fully saturated rings. The molecule has 0 amide bonds. The summed E-state index contributed by atoms with van der Waals surface area (Å²) in [7, 11) is 0. The highest BCUT2D eigenvalue weighted by Crippen LogP contribution is 2.31. The Labute approximate surface area is 195 Å². The van der Waals surface area contributed by atoms with Crippen LogP contribution in [0.2, 0.25) is 0 Å². The van der Waals surface area contributed by atoms with Gasteiger partial charge in [0.1, 0.15) is 5.75 Å². The predicted molar refractivity (Wildman–Crippen MR) is 127 cm³/mol. The van der Waals surface area contributed by atoms with E-state index in [-0.39, 0.29) is 18.3 Å². The molecule has 2 aromatic heterocycles. The fraction of sp³-hybridized carbons (Fsp3) is 0.280. The minimum atomic E-state index is -0.645. The lowest BCUT2D eigenvalue weighted by Crippen LogP contribution is -2.39. The first-order valence-electron chi connectivity index (χ1n) is 10.8. The molecule has 1 aliphatic rings. The van der Waals surface area contributed by atoms with Crippen molar-refractivity contribution in [1.29, 1.82) is 0 Å². The molecule has 0 bridgehead atoms. The van der Waals surface area contributed by atoms with E-state index >= 15 is 0 Å². The molecule has 0 spiro atoms. The van der Waals surface area contributed by atoms with E-state index in [0.29, 0.717) is 20.6 Å². The molecule has 1 aliphatic heterocycles. The topological polar surface area (TPSA) is 82.8 Å². The monoisotopic (exact) mass is 463 g/mol. The number of allylic oxidation sites excluding steroid dienone is 1. The maximum atomic E-state index is 13.5. The Bertz CT molecular complexity index is 1370. The van der Waals surface area contributed by atoms with Crippen LogP contribution in [0.1, 0.15) is 44.9 Å². The van der Waals surface area contributed by atoms with Gasteiger partial charge in [-0.15, -0.1) is 0 Å². The van der Waals surface area contributed by atoms with E-state index in [2.05, 4.69) is 9.98 Å². The molecule has 7 nitrogen and oxygen atoms in total. The molecule has 1 atom stereocenters. The number of hydrogen-bond acceptors (Lipinski definition) is 7. The quantitative estimate of drug-likeness (QED) is 0.525. The van der Waals surface area contributed by atoms with Crippen molar-refractivity contribution in [2.45, 2.75) is 39.8 Å². The normalized spacial score (nSPS) is 15.9. The first-order valence-corrected chi connectivity index (χ1v) is 11.6. The summed E-state index contributed by atoms with van der Waals surface area (Å²) < 4.78 is 13.2. The number of hydrogen-bond donors (Lipinski definition) is 0. The zero-order valence-electron chi connectivity index (χ0n) is 18.9. The Morgan fingerprint density at radius 2 is 1.88 bits per heavy atom. The Morgan fingerprint density at radius 3 is 2.52 bits per heavy atom. The maximum absolute atomic E-state index is 13.5. The van der Waals surface area contributed by atoms with Crippen LogP contribution >= 0.6 is 11.3 Å². The summed E-state index contributed by atoms with van der Waals surface area (Å²) in [6, 6.07) is 10.5. The molecular formula is C25H25N3O4S. The third-order valence-corrected chi connectivity index (χ3v) is 6.07. The van der Waals surface area contributed by atoms with Gasteiger partial charge in [-0.2, -0.15) is 0 Å². The van der Waals surface area contributed by atoms with Gasteiger partial charge in [-0.3, -0.25) is 14.3 Å². The second-order valence-corrected chi connectivity index (χ2v) is 8.83. The third kappa shape index (κ3) is 4.66. The average Bonchev–Trinajstić information content (AvgIpc) is 3.08. The van der Waals surface area contributed by atoms with Gasteiger partial charge in [0.15, 0.2) is 4.80 Å². The predicted octanol–water partition coefficient (Wildman–Crippen LogP) is 2.98. The number of esters is 1. The summed E-state index contributed by atoms with van der Waals surface area (Å²) in [4.78, 5) is 35.6. The highest BCUT2D eigenvalue weighted by molar-refractivity contribution is 7.07. The van der Waals surface area contributed by atoms with Crippen LogP contribution in [0.25, 0.3) is 6.08 Å². The molecular weight excluding hydrogens is 438 g/mol. The van der Waals surface area contributed by atoms with Gasteiger partial charge in [0, 0.05) is 12.4 Å². The number of nitrogens with zero attached hydrogens (tertiary/aromatic N) is 3. The molecule has 4 rings (SSSR count). The molecule has 33 heavy (non-hydrogen) atoms. The van der Waals surface area contributed by atoms with Gasteiger partial charge >= 0.3 is 5.97 Å². The number of carbonyl (C=O) groups is 1. The van der Waals surface area contributed by atoms with Crippen molar-refractivity contribution in [3.63, 3.8) is 0 Å². The van der Waals surface area contributed by atoms with Crippen LogP contribution in [0.5, 0.6) is 5.75 Å². The maximum Gasteiger partial charge on any atom is 0.338 e. The van der Waals surface area contributed by atoms with Crippen molar-refractivity contribution in [2.75, 3.05) is 6.61 Å². The lowest BCUT2D eigenvalue weighted by atomic mass is 9.96. The minimum Gasteiger partial charge on any atom is -0.491 e. The highest BCUT2D eigenvalue weighted by atomic mass is 32.1. The number of ether oxygens (including phenoxy) is 2. The molecule has 0 radical (unpaired) electrons.